The van der Waals surface area contributed by atoms with Gasteiger partial charge in [0.2, 0.25) is 0 Å². The van der Waals surface area contributed by atoms with Crippen LogP contribution in [-0.4, -0.2) is 16.0 Å². The van der Waals surface area contributed by atoms with Gasteiger partial charge in [0.05, 0.1) is 10.6 Å². The van der Waals surface area contributed by atoms with Crippen molar-refractivity contribution in [3.05, 3.63) is 74.9 Å². The Kier molecular flexibility index (Phi) is 6.12. The number of para-hydroxylation sites is 2. The summed E-state index contributed by atoms with van der Waals surface area (Å²) in [7, 11) is 0. The van der Waals surface area contributed by atoms with Crippen molar-refractivity contribution in [3.63, 3.8) is 0 Å². The average molecular weight is 463 g/mol. The predicted octanol–water partition coefficient (Wildman–Crippen LogP) is 6.30. The first-order valence-electron chi connectivity index (χ1n) is 9.89. The molecule has 0 atom stereocenters. The smallest absolute Gasteiger partial charge is 0.276 e. The standard InChI is InChI=1S/C23H21Cl2FN2O3/c1-14(2)13-30-18-7-3-4-8-19(18)31-20-11-15(17(26)12-16(20)24)21-22(25)27-9-5-6-10-28(27)23(21)29/h3-4,7-8,11-12H,1,5-6,9-10,13H2,2H3. The summed E-state index contributed by atoms with van der Waals surface area (Å²) in [6.45, 7) is 7.16. The van der Waals surface area contributed by atoms with E-state index in [2.05, 4.69) is 6.58 Å². The number of ether oxygens (including phenoxy) is 2. The van der Waals surface area contributed by atoms with E-state index in [9.17, 15) is 9.18 Å². The van der Waals surface area contributed by atoms with Gasteiger partial charge in [-0.05, 0) is 49.6 Å². The highest BCUT2D eigenvalue weighted by Crippen LogP contribution is 2.39. The third kappa shape index (κ3) is 4.23. The molecule has 2 aromatic carbocycles. The van der Waals surface area contributed by atoms with Gasteiger partial charge in [0.1, 0.15) is 23.3 Å². The molecular weight excluding hydrogens is 442 g/mol. The Balaban J connectivity index is 1.75. The van der Waals surface area contributed by atoms with Crippen LogP contribution in [0.25, 0.3) is 11.1 Å². The van der Waals surface area contributed by atoms with Crippen LogP contribution in [0.1, 0.15) is 19.8 Å². The number of rotatable bonds is 6. The Bertz CT molecular complexity index is 1220. The van der Waals surface area contributed by atoms with Gasteiger partial charge in [0.15, 0.2) is 11.5 Å². The first-order chi connectivity index (χ1) is 14.9. The van der Waals surface area contributed by atoms with E-state index in [4.69, 9.17) is 32.7 Å². The van der Waals surface area contributed by atoms with Crippen molar-refractivity contribution in [2.75, 3.05) is 6.61 Å². The van der Waals surface area contributed by atoms with E-state index in [1.165, 1.54) is 6.07 Å². The molecule has 8 heteroatoms. The van der Waals surface area contributed by atoms with E-state index in [-0.39, 0.29) is 32.6 Å². The van der Waals surface area contributed by atoms with Gasteiger partial charge in [-0.1, -0.05) is 41.9 Å². The largest absolute Gasteiger partial charge is 0.485 e. The number of fused-ring (bicyclic) bond motifs is 1. The first-order valence-corrected chi connectivity index (χ1v) is 10.6. The third-order valence-corrected chi connectivity index (χ3v) is 5.68. The second-order valence-corrected chi connectivity index (χ2v) is 8.25. The normalized spacial score (nSPS) is 13.0. The average Bonchev–Trinajstić information content (AvgIpc) is 3.00. The molecule has 0 saturated heterocycles. The number of aromatic nitrogens is 2. The van der Waals surface area contributed by atoms with Crippen LogP contribution in [0.4, 0.5) is 4.39 Å². The molecule has 1 aliphatic rings. The van der Waals surface area contributed by atoms with E-state index in [1.54, 1.807) is 27.6 Å². The van der Waals surface area contributed by atoms with Gasteiger partial charge in [-0.15, -0.1) is 0 Å². The van der Waals surface area contributed by atoms with Gasteiger partial charge >= 0.3 is 0 Å². The fourth-order valence-electron chi connectivity index (χ4n) is 3.52. The molecule has 0 unspecified atom stereocenters. The monoisotopic (exact) mass is 462 g/mol. The summed E-state index contributed by atoms with van der Waals surface area (Å²) in [6.07, 6.45) is 1.78. The fourth-order valence-corrected chi connectivity index (χ4v) is 4.07. The SMILES string of the molecule is C=C(C)COc1ccccc1Oc1cc(-c2c(Cl)n3n(c2=O)CCCC3)c(F)cc1Cl. The molecular formula is C23H21Cl2FN2O3. The molecule has 0 bridgehead atoms. The van der Waals surface area contributed by atoms with Crippen LogP contribution in [0.15, 0.2) is 53.3 Å². The zero-order chi connectivity index (χ0) is 22.1. The van der Waals surface area contributed by atoms with Crippen molar-refractivity contribution in [3.8, 4) is 28.4 Å². The number of hydrogen-bond donors (Lipinski definition) is 0. The molecule has 0 fully saturated rings. The van der Waals surface area contributed by atoms with E-state index in [1.807, 2.05) is 13.0 Å². The van der Waals surface area contributed by atoms with Crippen LogP contribution in [0, 0.1) is 5.82 Å². The zero-order valence-electron chi connectivity index (χ0n) is 17.0. The Morgan fingerprint density at radius 1 is 1.10 bits per heavy atom. The molecule has 162 valence electrons. The second kappa shape index (κ2) is 8.81. The maximum absolute atomic E-state index is 14.9. The van der Waals surface area contributed by atoms with E-state index >= 15 is 0 Å². The minimum absolute atomic E-state index is 0.0455. The van der Waals surface area contributed by atoms with Crippen LogP contribution in [-0.2, 0) is 13.1 Å². The first kappa shape index (κ1) is 21.5. The van der Waals surface area contributed by atoms with Gasteiger partial charge in [0, 0.05) is 18.7 Å². The molecule has 2 heterocycles. The Hall–Kier alpha value is -2.70. The van der Waals surface area contributed by atoms with E-state index < -0.39 is 5.82 Å². The van der Waals surface area contributed by atoms with Gasteiger partial charge < -0.3 is 9.47 Å². The lowest BCUT2D eigenvalue weighted by molar-refractivity contribution is 0.332. The van der Waals surface area contributed by atoms with Crippen molar-refractivity contribution >= 4 is 23.2 Å². The molecule has 5 nitrogen and oxygen atoms in total. The second-order valence-electron chi connectivity index (χ2n) is 7.48. The molecule has 0 amide bonds. The summed E-state index contributed by atoms with van der Waals surface area (Å²) in [6, 6.07) is 9.59. The summed E-state index contributed by atoms with van der Waals surface area (Å²) in [5, 5.41) is 0.276. The molecule has 4 rings (SSSR count). The third-order valence-electron chi connectivity index (χ3n) is 5.00. The number of hydrogen-bond acceptors (Lipinski definition) is 3. The van der Waals surface area contributed by atoms with E-state index in [0.717, 1.165) is 24.5 Å². The van der Waals surface area contributed by atoms with Crippen molar-refractivity contribution < 1.29 is 13.9 Å². The minimum atomic E-state index is -0.647. The molecule has 31 heavy (non-hydrogen) atoms. The predicted molar refractivity (Wildman–Crippen MR) is 120 cm³/mol. The van der Waals surface area contributed by atoms with Gasteiger partial charge in [-0.2, -0.15) is 0 Å². The topological polar surface area (TPSA) is 45.4 Å². The summed E-state index contributed by atoms with van der Waals surface area (Å²) >= 11 is 12.7. The lowest BCUT2D eigenvalue weighted by Crippen LogP contribution is -2.27. The Labute approximate surface area is 189 Å². The van der Waals surface area contributed by atoms with Crippen molar-refractivity contribution in [2.24, 2.45) is 0 Å². The Morgan fingerprint density at radius 3 is 2.45 bits per heavy atom. The Morgan fingerprint density at radius 2 is 1.77 bits per heavy atom. The highest BCUT2D eigenvalue weighted by atomic mass is 35.5. The highest BCUT2D eigenvalue weighted by Gasteiger charge is 2.25. The van der Waals surface area contributed by atoms with Crippen LogP contribution in [0.2, 0.25) is 10.2 Å². The molecule has 0 radical (unpaired) electrons. The highest BCUT2D eigenvalue weighted by molar-refractivity contribution is 6.33. The molecule has 1 aromatic heterocycles. The fraction of sp³-hybridized carbons (Fsp3) is 0.261. The summed E-state index contributed by atoms with van der Waals surface area (Å²) in [4.78, 5) is 12.9. The molecule has 0 N–H and O–H groups in total. The van der Waals surface area contributed by atoms with Gasteiger partial charge in [0.25, 0.3) is 5.56 Å². The van der Waals surface area contributed by atoms with Crippen molar-refractivity contribution in [1.29, 1.82) is 0 Å². The van der Waals surface area contributed by atoms with E-state index in [0.29, 0.717) is 31.2 Å². The van der Waals surface area contributed by atoms with Gasteiger partial charge in [-0.25, -0.2) is 9.07 Å². The summed E-state index contributed by atoms with van der Waals surface area (Å²) < 4.78 is 29.8. The van der Waals surface area contributed by atoms with Crippen LogP contribution < -0.4 is 15.0 Å². The van der Waals surface area contributed by atoms with Crippen LogP contribution in [0.5, 0.6) is 17.2 Å². The lowest BCUT2D eigenvalue weighted by Gasteiger charge is -2.17. The van der Waals surface area contributed by atoms with Crippen LogP contribution >= 0.6 is 23.2 Å². The quantitative estimate of drug-likeness (QED) is 0.403. The maximum atomic E-state index is 14.9. The van der Waals surface area contributed by atoms with Gasteiger partial charge in [-0.3, -0.25) is 9.48 Å². The molecule has 0 aliphatic carbocycles. The van der Waals surface area contributed by atoms with Crippen molar-refractivity contribution in [1.82, 2.24) is 9.36 Å². The zero-order valence-corrected chi connectivity index (χ0v) is 18.5. The molecule has 0 spiro atoms. The molecule has 0 saturated carbocycles. The van der Waals surface area contributed by atoms with Crippen molar-refractivity contribution in [2.45, 2.75) is 32.9 Å². The number of benzene rings is 2. The molecule has 3 aromatic rings. The summed E-state index contributed by atoms with van der Waals surface area (Å²) in [5.41, 5.74) is 0.672. The van der Waals surface area contributed by atoms with Crippen LogP contribution in [0.3, 0.4) is 0 Å². The number of nitrogens with zero attached hydrogens (tertiary/aromatic N) is 2. The molecule has 1 aliphatic heterocycles. The maximum Gasteiger partial charge on any atom is 0.276 e. The lowest BCUT2D eigenvalue weighted by atomic mass is 10.1. The minimum Gasteiger partial charge on any atom is -0.485 e. The summed E-state index contributed by atoms with van der Waals surface area (Å²) in [5.74, 6) is 0.438. The number of halogens is 3.